The number of hydrogen-bond donors (Lipinski definition) is 0. The first-order valence-electron chi connectivity index (χ1n) is 14.0. The van der Waals surface area contributed by atoms with Crippen LogP contribution in [0.2, 0.25) is 0 Å². The average molecular weight is 523 g/mol. The van der Waals surface area contributed by atoms with Gasteiger partial charge in [0.15, 0.2) is 0 Å². The standard InChI is InChI=1S/C39H26N2/c1-3-15-33(16-4-1)39(34-17-5-2-6-18-34)35-19-10-22-40-37(35)38-36(39)25-32(26-41-38)30-14-9-13-29(24-30)31-21-20-27-11-7-8-12-28(27)23-31/h1-26H. The van der Waals surface area contributed by atoms with Crippen LogP contribution in [0, 0.1) is 0 Å². The molecule has 0 fully saturated rings. The van der Waals surface area contributed by atoms with Gasteiger partial charge in [0.05, 0.1) is 16.8 Å². The molecule has 0 aliphatic heterocycles. The van der Waals surface area contributed by atoms with Crippen molar-refractivity contribution in [2.75, 3.05) is 0 Å². The average Bonchev–Trinajstić information content (AvgIpc) is 3.36. The maximum atomic E-state index is 5.10. The number of nitrogens with zero attached hydrogens (tertiary/aromatic N) is 2. The van der Waals surface area contributed by atoms with E-state index in [2.05, 4.69) is 140 Å². The Morgan fingerprint density at radius 1 is 0.390 bits per heavy atom. The Hall–Kier alpha value is -5.34. The predicted octanol–water partition coefficient (Wildman–Crippen LogP) is 9.33. The molecule has 7 aromatic rings. The Kier molecular flexibility index (Phi) is 5.39. The minimum absolute atomic E-state index is 0.513. The van der Waals surface area contributed by atoms with E-state index in [9.17, 15) is 0 Å². The van der Waals surface area contributed by atoms with Gasteiger partial charge in [-0.1, -0.05) is 121 Å². The van der Waals surface area contributed by atoms with E-state index in [1.807, 2.05) is 18.5 Å². The maximum Gasteiger partial charge on any atom is 0.0937 e. The summed E-state index contributed by atoms with van der Waals surface area (Å²) >= 11 is 0. The van der Waals surface area contributed by atoms with Crippen LogP contribution in [-0.4, -0.2) is 9.97 Å². The third kappa shape index (κ3) is 3.65. The van der Waals surface area contributed by atoms with Crippen molar-refractivity contribution in [2.24, 2.45) is 0 Å². The molecular formula is C39H26N2. The summed E-state index contributed by atoms with van der Waals surface area (Å²) in [6.07, 6.45) is 3.88. The van der Waals surface area contributed by atoms with Gasteiger partial charge in [-0.2, -0.15) is 0 Å². The minimum atomic E-state index is -0.513. The zero-order chi connectivity index (χ0) is 27.2. The first-order valence-corrected chi connectivity index (χ1v) is 14.0. The number of pyridine rings is 2. The first-order chi connectivity index (χ1) is 20.3. The van der Waals surface area contributed by atoms with Gasteiger partial charge in [0.1, 0.15) is 0 Å². The van der Waals surface area contributed by atoms with Gasteiger partial charge in [-0.25, -0.2) is 0 Å². The summed E-state index contributed by atoms with van der Waals surface area (Å²) in [4.78, 5) is 9.97. The normalized spacial score (nSPS) is 13.1. The van der Waals surface area contributed by atoms with Crippen LogP contribution in [0.15, 0.2) is 158 Å². The van der Waals surface area contributed by atoms with Crippen molar-refractivity contribution in [3.63, 3.8) is 0 Å². The molecule has 0 saturated carbocycles. The number of rotatable bonds is 4. The van der Waals surface area contributed by atoms with Gasteiger partial charge in [0, 0.05) is 23.5 Å². The summed E-state index contributed by atoms with van der Waals surface area (Å²) in [6, 6.07) is 52.1. The highest BCUT2D eigenvalue weighted by Gasteiger charge is 2.47. The molecule has 2 heteroatoms. The molecule has 0 bridgehead atoms. The first kappa shape index (κ1) is 23.5. The van der Waals surface area contributed by atoms with Crippen molar-refractivity contribution in [3.05, 3.63) is 180 Å². The van der Waals surface area contributed by atoms with Gasteiger partial charge in [0.2, 0.25) is 0 Å². The monoisotopic (exact) mass is 522 g/mol. The summed E-state index contributed by atoms with van der Waals surface area (Å²) in [5.74, 6) is 0. The number of hydrogen-bond acceptors (Lipinski definition) is 2. The van der Waals surface area contributed by atoms with Gasteiger partial charge in [0.25, 0.3) is 0 Å². The molecule has 1 aliphatic carbocycles. The van der Waals surface area contributed by atoms with E-state index >= 15 is 0 Å². The van der Waals surface area contributed by atoms with E-state index < -0.39 is 5.41 Å². The molecule has 0 radical (unpaired) electrons. The quantitative estimate of drug-likeness (QED) is 0.230. The van der Waals surface area contributed by atoms with Gasteiger partial charge in [-0.3, -0.25) is 9.97 Å². The predicted molar refractivity (Wildman–Crippen MR) is 168 cm³/mol. The maximum absolute atomic E-state index is 5.10. The highest BCUT2D eigenvalue weighted by molar-refractivity contribution is 5.88. The molecule has 0 spiro atoms. The zero-order valence-corrected chi connectivity index (χ0v) is 22.4. The highest BCUT2D eigenvalue weighted by atomic mass is 14.8. The van der Waals surface area contributed by atoms with Crippen LogP contribution in [0.5, 0.6) is 0 Å². The Morgan fingerprint density at radius 3 is 1.78 bits per heavy atom. The molecule has 0 atom stereocenters. The van der Waals surface area contributed by atoms with Crippen molar-refractivity contribution >= 4 is 10.8 Å². The molecule has 2 nitrogen and oxygen atoms in total. The fourth-order valence-corrected chi connectivity index (χ4v) is 6.55. The number of aromatic nitrogens is 2. The summed E-state index contributed by atoms with van der Waals surface area (Å²) in [6.45, 7) is 0. The molecule has 5 aromatic carbocycles. The van der Waals surface area contributed by atoms with Crippen molar-refractivity contribution < 1.29 is 0 Å². The van der Waals surface area contributed by atoms with Crippen molar-refractivity contribution in [2.45, 2.75) is 5.41 Å². The van der Waals surface area contributed by atoms with Crippen LogP contribution in [-0.2, 0) is 5.41 Å². The van der Waals surface area contributed by atoms with Gasteiger partial charge in [-0.05, 0) is 68.4 Å². The lowest BCUT2D eigenvalue weighted by Crippen LogP contribution is -2.28. The van der Waals surface area contributed by atoms with Crippen LogP contribution >= 0.6 is 0 Å². The highest BCUT2D eigenvalue weighted by Crippen LogP contribution is 2.55. The molecule has 41 heavy (non-hydrogen) atoms. The third-order valence-corrected chi connectivity index (χ3v) is 8.42. The largest absolute Gasteiger partial charge is 0.254 e. The van der Waals surface area contributed by atoms with Crippen LogP contribution in [0.4, 0.5) is 0 Å². The summed E-state index contributed by atoms with van der Waals surface area (Å²) in [7, 11) is 0. The molecule has 2 heterocycles. The molecule has 192 valence electrons. The second-order valence-electron chi connectivity index (χ2n) is 10.6. The summed E-state index contributed by atoms with van der Waals surface area (Å²) < 4.78 is 0. The fourth-order valence-electron chi connectivity index (χ4n) is 6.55. The Balaban J connectivity index is 1.34. The van der Waals surface area contributed by atoms with Crippen molar-refractivity contribution in [1.29, 1.82) is 0 Å². The van der Waals surface area contributed by atoms with E-state index in [0.29, 0.717) is 0 Å². The molecule has 8 rings (SSSR count). The van der Waals surface area contributed by atoms with Gasteiger partial charge in [-0.15, -0.1) is 0 Å². The van der Waals surface area contributed by atoms with Crippen molar-refractivity contribution in [1.82, 2.24) is 9.97 Å². The topological polar surface area (TPSA) is 25.8 Å². The molecular weight excluding hydrogens is 496 g/mol. The van der Waals surface area contributed by atoms with Crippen LogP contribution in [0.1, 0.15) is 22.3 Å². The van der Waals surface area contributed by atoms with E-state index in [1.165, 1.54) is 38.6 Å². The smallest absolute Gasteiger partial charge is 0.0937 e. The SMILES string of the molecule is c1ccc(C2(c3ccccc3)c3cccnc3-c3ncc(-c4cccc(-c5ccc6ccccc6c5)c4)cc32)cc1. The van der Waals surface area contributed by atoms with E-state index in [0.717, 1.165) is 28.1 Å². The van der Waals surface area contributed by atoms with Crippen LogP contribution < -0.4 is 0 Å². The van der Waals surface area contributed by atoms with E-state index in [-0.39, 0.29) is 0 Å². The summed E-state index contributed by atoms with van der Waals surface area (Å²) in [5.41, 5.74) is 10.8. The molecule has 0 N–H and O–H groups in total. The van der Waals surface area contributed by atoms with E-state index in [1.54, 1.807) is 0 Å². The number of fused-ring (bicyclic) bond motifs is 4. The molecule has 0 unspecified atom stereocenters. The van der Waals surface area contributed by atoms with Crippen LogP contribution in [0.25, 0.3) is 44.4 Å². The van der Waals surface area contributed by atoms with E-state index in [4.69, 9.17) is 9.97 Å². The Bertz CT molecular complexity index is 2010. The lowest BCUT2D eigenvalue weighted by Gasteiger charge is -2.33. The lowest BCUT2D eigenvalue weighted by atomic mass is 9.68. The lowest BCUT2D eigenvalue weighted by molar-refractivity contribution is 0.765. The van der Waals surface area contributed by atoms with Crippen LogP contribution in [0.3, 0.4) is 0 Å². The second-order valence-corrected chi connectivity index (χ2v) is 10.6. The van der Waals surface area contributed by atoms with Gasteiger partial charge < -0.3 is 0 Å². The molecule has 2 aromatic heterocycles. The fraction of sp³-hybridized carbons (Fsp3) is 0.0256. The second kappa shape index (κ2) is 9.39. The molecule has 0 amide bonds. The number of benzene rings is 5. The third-order valence-electron chi connectivity index (χ3n) is 8.42. The minimum Gasteiger partial charge on any atom is -0.254 e. The molecule has 0 saturated heterocycles. The Morgan fingerprint density at radius 2 is 1.02 bits per heavy atom. The zero-order valence-electron chi connectivity index (χ0n) is 22.4. The summed E-state index contributed by atoms with van der Waals surface area (Å²) in [5, 5.41) is 2.50. The van der Waals surface area contributed by atoms with Gasteiger partial charge >= 0.3 is 0 Å². The Labute approximate surface area is 239 Å². The van der Waals surface area contributed by atoms with Crippen molar-refractivity contribution in [3.8, 4) is 33.6 Å². The molecule has 1 aliphatic rings.